The maximum absolute atomic E-state index is 9.18. The summed E-state index contributed by atoms with van der Waals surface area (Å²) in [6, 6.07) is 5.67. The smallest absolute Gasteiger partial charge is 0.231 e. The van der Waals surface area contributed by atoms with Crippen LogP contribution in [-0.2, 0) is 6.54 Å². The molecule has 0 aliphatic carbocycles. The summed E-state index contributed by atoms with van der Waals surface area (Å²) in [5.74, 6) is 1.47. The van der Waals surface area contributed by atoms with Crippen LogP contribution in [0.1, 0.15) is 12.5 Å². The summed E-state index contributed by atoms with van der Waals surface area (Å²) in [6.07, 6.45) is 0. The van der Waals surface area contributed by atoms with Crippen molar-refractivity contribution in [3.05, 3.63) is 23.8 Å². The fourth-order valence-electron chi connectivity index (χ4n) is 1.60. The summed E-state index contributed by atoms with van der Waals surface area (Å²) in [6.45, 7) is 2.24. The van der Waals surface area contributed by atoms with Crippen LogP contribution in [0.4, 0.5) is 0 Å². The van der Waals surface area contributed by atoms with Gasteiger partial charge in [-0.2, -0.15) is 0 Å². The molecule has 0 unspecified atom stereocenters. The van der Waals surface area contributed by atoms with Crippen LogP contribution in [0.15, 0.2) is 18.2 Å². The van der Waals surface area contributed by atoms with Crippen molar-refractivity contribution >= 4 is 0 Å². The Kier molecular flexibility index (Phi) is 3.51. The zero-order valence-corrected chi connectivity index (χ0v) is 9.77. The van der Waals surface area contributed by atoms with Crippen LogP contribution in [-0.4, -0.2) is 35.8 Å². The lowest BCUT2D eigenvalue weighted by Gasteiger charge is -2.26. The Hall–Kier alpha value is -1.30. The molecule has 0 atom stereocenters. The summed E-state index contributed by atoms with van der Waals surface area (Å²) in [5, 5.41) is 21.5. The highest BCUT2D eigenvalue weighted by Crippen LogP contribution is 2.35. The Balaban J connectivity index is 2.07. The second-order valence-electron chi connectivity index (χ2n) is 4.38. The lowest BCUT2D eigenvalue weighted by Crippen LogP contribution is -2.48. The Morgan fingerprint density at radius 3 is 2.76 bits per heavy atom. The molecule has 17 heavy (non-hydrogen) atoms. The highest BCUT2D eigenvalue weighted by molar-refractivity contribution is 5.48. The van der Waals surface area contributed by atoms with Gasteiger partial charge in [0.15, 0.2) is 11.5 Å². The van der Waals surface area contributed by atoms with Crippen molar-refractivity contribution in [2.75, 3.05) is 20.0 Å². The fraction of sp³-hybridized carbons (Fsp3) is 0.500. The van der Waals surface area contributed by atoms with Crippen LogP contribution in [0.3, 0.4) is 0 Å². The highest BCUT2D eigenvalue weighted by Gasteiger charge is 2.23. The van der Waals surface area contributed by atoms with Crippen molar-refractivity contribution in [2.45, 2.75) is 19.0 Å². The van der Waals surface area contributed by atoms with Crippen LogP contribution in [0.5, 0.6) is 11.5 Å². The standard InChI is InChI=1S/C12H17NO4/c1-12(6-14,7-15)13-5-9-3-2-4-10-11(9)17-8-16-10/h2-4,13-15H,5-8H2,1H3. The van der Waals surface area contributed by atoms with Gasteiger partial charge in [-0.25, -0.2) is 0 Å². The predicted molar refractivity (Wildman–Crippen MR) is 62.0 cm³/mol. The molecule has 0 saturated heterocycles. The third kappa shape index (κ3) is 2.52. The molecule has 5 nitrogen and oxygen atoms in total. The van der Waals surface area contributed by atoms with Gasteiger partial charge in [0.05, 0.1) is 18.8 Å². The lowest BCUT2D eigenvalue weighted by atomic mass is 10.0. The van der Waals surface area contributed by atoms with Gasteiger partial charge < -0.3 is 25.0 Å². The van der Waals surface area contributed by atoms with E-state index in [4.69, 9.17) is 9.47 Å². The number of rotatable bonds is 5. The molecule has 2 rings (SSSR count). The zero-order chi connectivity index (χ0) is 12.3. The van der Waals surface area contributed by atoms with Gasteiger partial charge in [-0.1, -0.05) is 12.1 Å². The highest BCUT2D eigenvalue weighted by atomic mass is 16.7. The second-order valence-corrected chi connectivity index (χ2v) is 4.38. The minimum absolute atomic E-state index is 0.129. The van der Waals surface area contributed by atoms with Crippen LogP contribution >= 0.6 is 0 Å². The van der Waals surface area contributed by atoms with Crippen molar-refractivity contribution in [3.8, 4) is 11.5 Å². The first-order valence-corrected chi connectivity index (χ1v) is 5.53. The van der Waals surface area contributed by atoms with E-state index in [2.05, 4.69) is 5.32 Å². The maximum atomic E-state index is 9.18. The number of ether oxygens (including phenoxy) is 2. The third-order valence-electron chi connectivity index (χ3n) is 2.88. The number of benzene rings is 1. The van der Waals surface area contributed by atoms with Crippen LogP contribution in [0, 0.1) is 0 Å². The van der Waals surface area contributed by atoms with Crippen molar-refractivity contribution in [1.82, 2.24) is 5.32 Å². The molecule has 3 N–H and O–H groups in total. The maximum Gasteiger partial charge on any atom is 0.231 e. The van der Waals surface area contributed by atoms with Gasteiger partial charge in [0.2, 0.25) is 6.79 Å². The first-order chi connectivity index (χ1) is 8.18. The van der Waals surface area contributed by atoms with E-state index in [9.17, 15) is 10.2 Å². The first kappa shape index (κ1) is 12.2. The number of nitrogens with one attached hydrogen (secondary N) is 1. The van der Waals surface area contributed by atoms with Crippen molar-refractivity contribution in [3.63, 3.8) is 0 Å². The van der Waals surface area contributed by atoms with Gasteiger partial charge in [-0.05, 0) is 13.0 Å². The lowest BCUT2D eigenvalue weighted by molar-refractivity contribution is 0.103. The topological polar surface area (TPSA) is 71.0 Å². The van der Waals surface area contributed by atoms with Gasteiger partial charge in [-0.15, -0.1) is 0 Å². The van der Waals surface area contributed by atoms with Crippen LogP contribution in [0.25, 0.3) is 0 Å². The number of para-hydroxylation sites is 1. The summed E-state index contributed by atoms with van der Waals surface area (Å²) in [7, 11) is 0. The average molecular weight is 239 g/mol. The van der Waals surface area contributed by atoms with Crippen molar-refractivity contribution in [2.24, 2.45) is 0 Å². The van der Waals surface area contributed by atoms with Crippen LogP contribution < -0.4 is 14.8 Å². The molecular weight excluding hydrogens is 222 g/mol. The Morgan fingerprint density at radius 1 is 1.29 bits per heavy atom. The second kappa shape index (κ2) is 4.91. The molecule has 5 heteroatoms. The number of aliphatic hydroxyl groups excluding tert-OH is 2. The van der Waals surface area contributed by atoms with Gasteiger partial charge in [-0.3, -0.25) is 0 Å². The summed E-state index contributed by atoms with van der Waals surface area (Å²) in [4.78, 5) is 0. The van der Waals surface area contributed by atoms with E-state index in [0.29, 0.717) is 6.54 Å². The molecule has 0 bridgehead atoms. The molecule has 1 aliphatic heterocycles. The molecule has 0 fully saturated rings. The van der Waals surface area contributed by atoms with E-state index in [1.165, 1.54) is 0 Å². The zero-order valence-electron chi connectivity index (χ0n) is 9.77. The number of aliphatic hydroxyl groups is 2. The molecule has 0 saturated carbocycles. The fourth-order valence-corrected chi connectivity index (χ4v) is 1.60. The SMILES string of the molecule is CC(CO)(CO)NCc1cccc2c1OCO2. The van der Waals surface area contributed by atoms with Gasteiger partial charge in [0, 0.05) is 12.1 Å². The Morgan fingerprint density at radius 2 is 2.06 bits per heavy atom. The largest absolute Gasteiger partial charge is 0.454 e. The monoisotopic (exact) mass is 239 g/mol. The minimum atomic E-state index is -0.692. The molecule has 0 aromatic heterocycles. The molecule has 0 radical (unpaired) electrons. The third-order valence-corrected chi connectivity index (χ3v) is 2.88. The number of hydrogen-bond donors (Lipinski definition) is 3. The van der Waals surface area contributed by atoms with E-state index in [1.807, 2.05) is 18.2 Å². The Labute approximate surface area is 100.0 Å². The molecule has 0 amide bonds. The summed E-state index contributed by atoms with van der Waals surface area (Å²) >= 11 is 0. The summed E-state index contributed by atoms with van der Waals surface area (Å²) in [5.41, 5.74) is 0.260. The van der Waals surface area contributed by atoms with Crippen LogP contribution in [0.2, 0.25) is 0 Å². The molecular formula is C12H17NO4. The molecule has 1 heterocycles. The van der Waals surface area contributed by atoms with E-state index in [0.717, 1.165) is 17.1 Å². The minimum Gasteiger partial charge on any atom is -0.454 e. The Bertz CT molecular complexity index is 390. The number of hydrogen-bond acceptors (Lipinski definition) is 5. The van der Waals surface area contributed by atoms with Gasteiger partial charge in [0.25, 0.3) is 0 Å². The van der Waals surface area contributed by atoms with Crippen molar-refractivity contribution < 1.29 is 19.7 Å². The van der Waals surface area contributed by atoms with E-state index < -0.39 is 5.54 Å². The molecule has 94 valence electrons. The number of fused-ring (bicyclic) bond motifs is 1. The van der Waals surface area contributed by atoms with Crippen molar-refractivity contribution in [1.29, 1.82) is 0 Å². The average Bonchev–Trinajstić information content (AvgIpc) is 2.84. The van der Waals surface area contributed by atoms with Gasteiger partial charge in [0.1, 0.15) is 0 Å². The van der Waals surface area contributed by atoms with E-state index >= 15 is 0 Å². The summed E-state index contributed by atoms with van der Waals surface area (Å²) < 4.78 is 10.6. The van der Waals surface area contributed by atoms with Gasteiger partial charge >= 0.3 is 0 Å². The molecule has 1 aromatic rings. The molecule has 0 spiro atoms. The van der Waals surface area contributed by atoms with E-state index in [1.54, 1.807) is 6.92 Å². The first-order valence-electron chi connectivity index (χ1n) is 5.53. The normalized spacial score (nSPS) is 14.1. The molecule has 1 aliphatic rings. The van der Waals surface area contributed by atoms with E-state index in [-0.39, 0.29) is 20.0 Å². The predicted octanol–water partition coefficient (Wildman–Crippen LogP) is 0.248. The quantitative estimate of drug-likeness (QED) is 0.687. The molecule has 1 aromatic carbocycles.